The Morgan fingerprint density at radius 2 is 2.23 bits per heavy atom. The molecule has 1 aliphatic rings. The molecular formula is C28H31ClFN5O2S2. The molecule has 1 amide bonds. The second kappa shape index (κ2) is 12.1. The second-order valence-electron chi connectivity index (χ2n) is 10.5. The number of nitrogens with zero attached hydrogens (tertiary/aromatic N) is 4. The number of nitrogens with one attached hydrogen (secondary N) is 1. The first-order chi connectivity index (χ1) is 18.5. The summed E-state index contributed by atoms with van der Waals surface area (Å²) in [5.41, 5.74) is 1.86. The van der Waals surface area contributed by atoms with E-state index in [-0.39, 0.29) is 22.1 Å². The molecule has 0 saturated heterocycles. The van der Waals surface area contributed by atoms with Crippen molar-refractivity contribution in [1.82, 2.24) is 14.8 Å². The van der Waals surface area contributed by atoms with Crippen LogP contribution in [0.15, 0.2) is 36.0 Å². The molecule has 2 atom stereocenters. The second-order valence-corrected chi connectivity index (χ2v) is 13.0. The fourth-order valence-electron chi connectivity index (χ4n) is 4.65. The number of fused-ring (bicyclic) bond motifs is 1. The predicted octanol–water partition coefficient (Wildman–Crippen LogP) is 7.21. The Hall–Kier alpha value is -2.87. The van der Waals surface area contributed by atoms with Crippen LogP contribution in [-0.4, -0.2) is 26.4 Å². The number of amides is 1. The van der Waals surface area contributed by atoms with Crippen molar-refractivity contribution in [2.75, 3.05) is 11.1 Å². The first-order valence-electron chi connectivity index (χ1n) is 12.6. The monoisotopic (exact) mass is 587 g/mol. The smallest absolute Gasteiger partial charge is 0.235 e. The Labute approximate surface area is 241 Å². The fourth-order valence-corrected chi connectivity index (χ4v) is 6.91. The van der Waals surface area contributed by atoms with Gasteiger partial charge in [-0.05, 0) is 61.3 Å². The van der Waals surface area contributed by atoms with Crippen LogP contribution in [0.25, 0.3) is 0 Å². The van der Waals surface area contributed by atoms with Gasteiger partial charge < -0.3 is 10.1 Å². The van der Waals surface area contributed by atoms with E-state index < -0.39 is 11.9 Å². The summed E-state index contributed by atoms with van der Waals surface area (Å²) < 4.78 is 21.1. The molecule has 1 N–H and O–H groups in total. The Bertz CT molecular complexity index is 1420. The minimum atomic E-state index is -0.545. The van der Waals surface area contributed by atoms with E-state index in [4.69, 9.17) is 16.3 Å². The first kappa shape index (κ1) is 29.1. The molecule has 0 aliphatic heterocycles. The lowest BCUT2D eigenvalue weighted by Gasteiger charge is -2.33. The van der Waals surface area contributed by atoms with Crippen molar-refractivity contribution in [1.29, 1.82) is 5.26 Å². The fraction of sp³-hybridized carbons (Fsp3) is 0.429. The largest absolute Gasteiger partial charge is 0.481 e. The Morgan fingerprint density at radius 3 is 2.90 bits per heavy atom. The highest BCUT2D eigenvalue weighted by Gasteiger charge is 2.32. The van der Waals surface area contributed by atoms with E-state index in [1.54, 1.807) is 13.0 Å². The number of ether oxygens (including phenoxy) is 1. The lowest BCUT2D eigenvalue weighted by molar-refractivity contribution is -0.113. The quantitative estimate of drug-likeness (QED) is 0.210. The molecule has 1 aliphatic carbocycles. The normalized spacial score (nSPS) is 15.8. The van der Waals surface area contributed by atoms with E-state index in [1.165, 1.54) is 46.2 Å². The van der Waals surface area contributed by atoms with Crippen molar-refractivity contribution in [3.05, 3.63) is 63.5 Å². The first-order valence-corrected chi connectivity index (χ1v) is 14.8. The number of anilines is 1. The number of carbonyl (C=O) groups is 1. The number of nitriles is 1. The number of hydrogen-bond donors (Lipinski definition) is 1. The average molecular weight is 588 g/mol. The maximum atomic E-state index is 13.4. The van der Waals surface area contributed by atoms with Crippen LogP contribution in [0.2, 0.25) is 5.02 Å². The van der Waals surface area contributed by atoms with Crippen molar-refractivity contribution in [3.8, 4) is 11.8 Å². The molecule has 11 heteroatoms. The molecule has 4 rings (SSSR count). The third kappa shape index (κ3) is 6.65. The average Bonchev–Trinajstić information content (AvgIpc) is 3.44. The number of hydrogen-bond acceptors (Lipinski definition) is 7. The van der Waals surface area contributed by atoms with Gasteiger partial charge in [0.15, 0.2) is 17.1 Å². The summed E-state index contributed by atoms with van der Waals surface area (Å²) >= 11 is 8.86. The number of halogens is 2. The van der Waals surface area contributed by atoms with Gasteiger partial charge in [-0.3, -0.25) is 9.36 Å². The van der Waals surface area contributed by atoms with Crippen molar-refractivity contribution in [2.45, 2.75) is 64.8 Å². The highest BCUT2D eigenvalue weighted by atomic mass is 35.5. The maximum absolute atomic E-state index is 13.4. The van der Waals surface area contributed by atoms with Gasteiger partial charge in [0.2, 0.25) is 5.91 Å². The van der Waals surface area contributed by atoms with Gasteiger partial charge in [-0.2, -0.15) is 5.26 Å². The van der Waals surface area contributed by atoms with Crippen LogP contribution in [0.5, 0.6) is 5.75 Å². The summed E-state index contributed by atoms with van der Waals surface area (Å²) in [5.74, 6) is 0.805. The number of benzene rings is 1. The minimum absolute atomic E-state index is 0.0896. The Morgan fingerprint density at radius 1 is 1.46 bits per heavy atom. The summed E-state index contributed by atoms with van der Waals surface area (Å²) in [5, 5.41) is 22.6. The third-order valence-corrected chi connectivity index (χ3v) is 9.24. The standard InChI is InChI=1S/C28H31ClFN5O2S2/c1-6-11-35-25(16(2)37-22-10-8-18(30)13-21(22)29)33-34-27(35)38-15-24(36)32-26-20(14-31)19-9-7-17(28(3,4)5)12-23(19)39-26/h6,8,10,13,16-17H,1,7,9,11-12,15H2,2-5H3,(H,32,36). The highest BCUT2D eigenvalue weighted by molar-refractivity contribution is 7.99. The lowest BCUT2D eigenvalue weighted by Crippen LogP contribution is -2.26. The summed E-state index contributed by atoms with van der Waals surface area (Å²) in [6.45, 7) is 12.8. The zero-order chi connectivity index (χ0) is 28.3. The van der Waals surface area contributed by atoms with E-state index in [9.17, 15) is 14.4 Å². The zero-order valence-electron chi connectivity index (χ0n) is 22.4. The van der Waals surface area contributed by atoms with Crippen LogP contribution in [0.1, 0.15) is 62.0 Å². The van der Waals surface area contributed by atoms with Crippen LogP contribution >= 0.6 is 34.7 Å². The van der Waals surface area contributed by atoms with Crippen LogP contribution in [0.3, 0.4) is 0 Å². The minimum Gasteiger partial charge on any atom is -0.481 e. The molecule has 0 bridgehead atoms. The topological polar surface area (TPSA) is 92.8 Å². The van der Waals surface area contributed by atoms with Crippen molar-refractivity contribution in [3.63, 3.8) is 0 Å². The van der Waals surface area contributed by atoms with Gasteiger partial charge in [-0.1, -0.05) is 50.2 Å². The van der Waals surface area contributed by atoms with Crippen LogP contribution in [0.4, 0.5) is 9.39 Å². The molecule has 0 spiro atoms. The number of thiophene rings is 1. The molecule has 1 aromatic carbocycles. The Balaban J connectivity index is 1.44. The van der Waals surface area contributed by atoms with Crippen LogP contribution in [0, 0.1) is 28.5 Å². The summed E-state index contributed by atoms with van der Waals surface area (Å²) in [6.07, 6.45) is 3.99. The van der Waals surface area contributed by atoms with Gasteiger partial charge in [0.25, 0.3) is 0 Å². The lowest BCUT2D eigenvalue weighted by atomic mass is 9.72. The Kier molecular flexibility index (Phi) is 9.04. The van der Waals surface area contributed by atoms with E-state index in [1.807, 2.05) is 4.57 Å². The van der Waals surface area contributed by atoms with Crippen molar-refractivity contribution < 1.29 is 13.9 Å². The third-order valence-electron chi connectivity index (χ3n) is 6.81. The van der Waals surface area contributed by atoms with Gasteiger partial charge >= 0.3 is 0 Å². The van der Waals surface area contributed by atoms with E-state index in [0.29, 0.717) is 39.8 Å². The van der Waals surface area contributed by atoms with E-state index in [2.05, 4.69) is 48.9 Å². The molecule has 3 aromatic rings. The molecule has 0 radical (unpaired) electrons. The van der Waals surface area contributed by atoms with Gasteiger partial charge in [0.05, 0.1) is 16.3 Å². The van der Waals surface area contributed by atoms with Gasteiger partial charge in [-0.25, -0.2) is 4.39 Å². The molecule has 0 saturated carbocycles. The molecule has 0 fully saturated rings. The molecule has 206 valence electrons. The van der Waals surface area contributed by atoms with E-state index in [0.717, 1.165) is 24.8 Å². The molecule has 2 aromatic heterocycles. The maximum Gasteiger partial charge on any atom is 0.235 e. The number of allylic oxidation sites excluding steroid dienone is 1. The zero-order valence-corrected chi connectivity index (χ0v) is 24.8. The predicted molar refractivity (Wildman–Crippen MR) is 154 cm³/mol. The van der Waals surface area contributed by atoms with Crippen LogP contribution < -0.4 is 10.1 Å². The number of carbonyl (C=O) groups excluding carboxylic acids is 1. The van der Waals surface area contributed by atoms with Crippen molar-refractivity contribution in [2.24, 2.45) is 11.3 Å². The SMILES string of the molecule is C=CCn1c(SCC(=O)Nc2sc3c(c2C#N)CCC(C(C)(C)C)C3)nnc1C(C)Oc1ccc(F)cc1Cl. The van der Waals surface area contributed by atoms with Gasteiger partial charge in [-0.15, -0.1) is 28.1 Å². The molecule has 7 nitrogen and oxygen atoms in total. The molecular weight excluding hydrogens is 557 g/mol. The highest BCUT2D eigenvalue weighted by Crippen LogP contribution is 2.44. The summed E-state index contributed by atoms with van der Waals surface area (Å²) in [4.78, 5) is 14.1. The number of thioether (sulfide) groups is 1. The molecule has 39 heavy (non-hydrogen) atoms. The van der Waals surface area contributed by atoms with Crippen LogP contribution in [-0.2, 0) is 24.2 Å². The van der Waals surface area contributed by atoms with Crippen molar-refractivity contribution >= 4 is 45.6 Å². The van der Waals surface area contributed by atoms with E-state index >= 15 is 0 Å². The molecule has 2 heterocycles. The van der Waals surface area contributed by atoms with Gasteiger partial charge in [0.1, 0.15) is 22.6 Å². The number of rotatable bonds is 9. The summed E-state index contributed by atoms with van der Waals surface area (Å²) in [6, 6.07) is 6.23. The van der Waals surface area contributed by atoms with Gasteiger partial charge in [0, 0.05) is 11.4 Å². The summed E-state index contributed by atoms with van der Waals surface area (Å²) in [7, 11) is 0. The number of aromatic nitrogens is 3. The molecule has 2 unspecified atom stereocenters.